The van der Waals surface area contributed by atoms with Crippen LogP contribution in [0, 0.1) is 0 Å². The maximum atomic E-state index is 11.2. The fourth-order valence-corrected chi connectivity index (χ4v) is 2.73. The van der Waals surface area contributed by atoms with Crippen molar-refractivity contribution in [2.24, 2.45) is 5.73 Å². The van der Waals surface area contributed by atoms with Gasteiger partial charge in [0.05, 0.1) is 7.11 Å². The molecule has 0 saturated carbocycles. The van der Waals surface area contributed by atoms with Crippen LogP contribution < -0.4 is 11.1 Å². The number of methoxy groups -OCH3 is 1. The standard InChI is InChI=1S/C21H21N3O2/c1-26-21(25)24-18-9-7-15(8-10-18)17-11-12-23-19(13-17)14-20(22)16-5-3-2-4-6-16/h2-13,20H,14,22H2,1H3,(H,24,25)/t20-/m0/s1. The first kappa shape index (κ1) is 17.6. The second-order valence-corrected chi connectivity index (χ2v) is 5.95. The maximum Gasteiger partial charge on any atom is 0.411 e. The van der Waals surface area contributed by atoms with E-state index in [4.69, 9.17) is 5.73 Å². The first-order chi connectivity index (χ1) is 12.7. The van der Waals surface area contributed by atoms with Gasteiger partial charge in [-0.1, -0.05) is 42.5 Å². The van der Waals surface area contributed by atoms with E-state index in [-0.39, 0.29) is 6.04 Å². The van der Waals surface area contributed by atoms with E-state index in [0.717, 1.165) is 22.4 Å². The summed E-state index contributed by atoms with van der Waals surface area (Å²) in [7, 11) is 1.34. The van der Waals surface area contributed by atoms with Gasteiger partial charge in [-0.15, -0.1) is 0 Å². The van der Waals surface area contributed by atoms with Crippen LogP contribution in [0.2, 0.25) is 0 Å². The lowest BCUT2D eigenvalue weighted by atomic mass is 10.00. The smallest absolute Gasteiger partial charge is 0.411 e. The summed E-state index contributed by atoms with van der Waals surface area (Å²) in [6.07, 6.45) is 1.97. The van der Waals surface area contributed by atoms with Gasteiger partial charge in [-0.2, -0.15) is 0 Å². The number of anilines is 1. The second-order valence-electron chi connectivity index (χ2n) is 5.95. The Bertz CT molecular complexity index is 864. The zero-order valence-electron chi connectivity index (χ0n) is 14.6. The van der Waals surface area contributed by atoms with Gasteiger partial charge in [0.1, 0.15) is 0 Å². The molecule has 1 heterocycles. The number of rotatable bonds is 5. The number of carbonyl (C=O) groups excluding carboxylic acids is 1. The van der Waals surface area contributed by atoms with Crippen molar-refractivity contribution in [2.45, 2.75) is 12.5 Å². The molecule has 0 fully saturated rings. The minimum atomic E-state index is -0.487. The molecule has 26 heavy (non-hydrogen) atoms. The Kier molecular flexibility index (Phi) is 5.61. The number of nitrogens with one attached hydrogen (secondary N) is 1. The summed E-state index contributed by atoms with van der Waals surface area (Å²) in [5, 5.41) is 2.64. The molecule has 0 aliphatic carbocycles. The molecule has 3 rings (SSSR count). The Morgan fingerprint density at radius 2 is 1.81 bits per heavy atom. The van der Waals surface area contributed by atoms with Crippen LogP contribution in [-0.2, 0) is 11.2 Å². The van der Waals surface area contributed by atoms with Crippen LogP contribution in [0.25, 0.3) is 11.1 Å². The number of ether oxygens (including phenoxy) is 1. The van der Waals surface area contributed by atoms with Crippen molar-refractivity contribution < 1.29 is 9.53 Å². The van der Waals surface area contributed by atoms with E-state index in [2.05, 4.69) is 15.0 Å². The number of pyridine rings is 1. The number of hydrogen-bond acceptors (Lipinski definition) is 4. The fourth-order valence-electron chi connectivity index (χ4n) is 2.73. The molecule has 2 aromatic carbocycles. The Morgan fingerprint density at radius 3 is 2.50 bits per heavy atom. The summed E-state index contributed by atoms with van der Waals surface area (Å²) < 4.78 is 4.59. The number of nitrogens with two attached hydrogens (primary N) is 1. The third-order valence-corrected chi connectivity index (χ3v) is 4.12. The molecule has 5 heteroatoms. The van der Waals surface area contributed by atoms with Gasteiger partial charge < -0.3 is 10.5 Å². The van der Waals surface area contributed by atoms with Gasteiger partial charge >= 0.3 is 6.09 Å². The van der Waals surface area contributed by atoms with Crippen LogP contribution in [0.3, 0.4) is 0 Å². The van der Waals surface area contributed by atoms with E-state index < -0.39 is 6.09 Å². The Hall–Kier alpha value is -3.18. The third-order valence-electron chi connectivity index (χ3n) is 4.12. The highest BCUT2D eigenvalue weighted by atomic mass is 16.5. The topological polar surface area (TPSA) is 77.2 Å². The summed E-state index contributed by atoms with van der Waals surface area (Å²) in [5.41, 5.74) is 11.1. The number of nitrogens with zero attached hydrogens (tertiary/aromatic N) is 1. The molecular weight excluding hydrogens is 326 g/mol. The summed E-state index contributed by atoms with van der Waals surface area (Å²) in [5.74, 6) is 0. The molecule has 0 aliphatic heterocycles. The minimum absolute atomic E-state index is 0.0921. The van der Waals surface area contributed by atoms with E-state index in [0.29, 0.717) is 12.1 Å². The van der Waals surface area contributed by atoms with Crippen LogP contribution in [0.15, 0.2) is 72.9 Å². The normalized spacial score (nSPS) is 11.6. The molecule has 0 saturated heterocycles. The van der Waals surface area contributed by atoms with Crippen LogP contribution >= 0.6 is 0 Å². The van der Waals surface area contributed by atoms with Crippen LogP contribution in [0.4, 0.5) is 10.5 Å². The van der Waals surface area contributed by atoms with Crippen molar-refractivity contribution in [1.29, 1.82) is 0 Å². The Balaban J connectivity index is 1.73. The monoisotopic (exact) mass is 347 g/mol. The molecule has 5 nitrogen and oxygen atoms in total. The molecule has 0 aliphatic rings. The summed E-state index contributed by atoms with van der Waals surface area (Å²) in [6.45, 7) is 0. The number of hydrogen-bond donors (Lipinski definition) is 2. The van der Waals surface area contributed by atoms with Crippen molar-refractivity contribution in [1.82, 2.24) is 4.98 Å². The Morgan fingerprint density at radius 1 is 1.08 bits per heavy atom. The maximum absolute atomic E-state index is 11.2. The van der Waals surface area contributed by atoms with Gasteiger partial charge in [0.2, 0.25) is 0 Å². The molecule has 3 N–H and O–H groups in total. The lowest BCUT2D eigenvalue weighted by Gasteiger charge is -2.12. The second kappa shape index (κ2) is 8.27. The van der Waals surface area contributed by atoms with Crippen molar-refractivity contribution >= 4 is 11.8 Å². The predicted octanol–water partition coefficient (Wildman–Crippen LogP) is 4.17. The van der Waals surface area contributed by atoms with E-state index >= 15 is 0 Å². The molecule has 1 aromatic heterocycles. The van der Waals surface area contributed by atoms with Crippen molar-refractivity contribution in [2.75, 3.05) is 12.4 Å². The van der Waals surface area contributed by atoms with Crippen molar-refractivity contribution in [3.8, 4) is 11.1 Å². The number of benzene rings is 2. The third kappa shape index (κ3) is 4.46. The van der Waals surface area contributed by atoms with E-state index in [1.807, 2.05) is 66.7 Å². The number of carbonyl (C=O) groups is 1. The number of amides is 1. The molecule has 3 aromatic rings. The molecule has 1 amide bonds. The summed E-state index contributed by atoms with van der Waals surface area (Å²) in [4.78, 5) is 15.7. The van der Waals surface area contributed by atoms with Gasteiger partial charge in [0.25, 0.3) is 0 Å². The molecule has 132 valence electrons. The average molecular weight is 347 g/mol. The van der Waals surface area contributed by atoms with E-state index in [1.165, 1.54) is 7.11 Å². The quantitative estimate of drug-likeness (QED) is 0.726. The molecular formula is C21H21N3O2. The van der Waals surface area contributed by atoms with Gasteiger partial charge in [0, 0.05) is 30.0 Å². The van der Waals surface area contributed by atoms with Crippen LogP contribution in [0.1, 0.15) is 17.3 Å². The highest BCUT2D eigenvalue weighted by Gasteiger charge is 2.09. The first-order valence-corrected chi connectivity index (χ1v) is 8.36. The zero-order chi connectivity index (χ0) is 18.4. The predicted molar refractivity (Wildman–Crippen MR) is 103 cm³/mol. The fraction of sp³-hybridized carbons (Fsp3) is 0.143. The summed E-state index contributed by atoms with van der Waals surface area (Å²) >= 11 is 0. The molecule has 0 unspecified atom stereocenters. The largest absolute Gasteiger partial charge is 0.453 e. The Labute approximate surface area is 152 Å². The minimum Gasteiger partial charge on any atom is -0.453 e. The lowest BCUT2D eigenvalue weighted by molar-refractivity contribution is 0.187. The van der Waals surface area contributed by atoms with E-state index in [1.54, 1.807) is 6.20 Å². The molecule has 0 bridgehead atoms. The highest BCUT2D eigenvalue weighted by Crippen LogP contribution is 2.23. The van der Waals surface area contributed by atoms with Gasteiger partial charge in [-0.3, -0.25) is 10.3 Å². The molecule has 0 radical (unpaired) electrons. The van der Waals surface area contributed by atoms with Crippen molar-refractivity contribution in [3.05, 3.63) is 84.2 Å². The average Bonchev–Trinajstić information content (AvgIpc) is 2.69. The van der Waals surface area contributed by atoms with Crippen molar-refractivity contribution in [3.63, 3.8) is 0 Å². The van der Waals surface area contributed by atoms with Gasteiger partial charge in [-0.25, -0.2) is 4.79 Å². The SMILES string of the molecule is COC(=O)Nc1ccc(-c2ccnc(C[C@H](N)c3ccccc3)c2)cc1. The van der Waals surface area contributed by atoms with Gasteiger partial charge in [0.15, 0.2) is 0 Å². The highest BCUT2D eigenvalue weighted by molar-refractivity contribution is 5.85. The zero-order valence-corrected chi connectivity index (χ0v) is 14.6. The summed E-state index contributed by atoms with van der Waals surface area (Å²) in [6, 6.07) is 21.5. The van der Waals surface area contributed by atoms with Crippen LogP contribution in [-0.4, -0.2) is 18.2 Å². The molecule has 0 spiro atoms. The first-order valence-electron chi connectivity index (χ1n) is 8.36. The van der Waals surface area contributed by atoms with E-state index in [9.17, 15) is 4.79 Å². The lowest BCUT2D eigenvalue weighted by Crippen LogP contribution is -2.13. The van der Waals surface area contributed by atoms with Crippen LogP contribution in [0.5, 0.6) is 0 Å². The molecule has 1 atom stereocenters. The van der Waals surface area contributed by atoms with Gasteiger partial charge in [-0.05, 0) is 41.0 Å². The number of aromatic nitrogens is 1.